The van der Waals surface area contributed by atoms with Gasteiger partial charge in [-0.25, -0.2) is 4.98 Å². The van der Waals surface area contributed by atoms with Crippen molar-refractivity contribution in [3.05, 3.63) is 75.5 Å². The summed E-state index contributed by atoms with van der Waals surface area (Å²) in [5.74, 6) is 0.733. The number of aromatic nitrogens is 3. The number of rotatable bonds is 7. The number of aromatic amines is 1. The highest BCUT2D eigenvalue weighted by atomic mass is 35.5. The lowest BCUT2D eigenvalue weighted by Gasteiger charge is -2.14. The summed E-state index contributed by atoms with van der Waals surface area (Å²) in [4.78, 5) is 16.6. The Labute approximate surface area is 177 Å². The Morgan fingerprint density at radius 3 is 2.71 bits per heavy atom. The van der Waals surface area contributed by atoms with E-state index in [0.29, 0.717) is 21.0 Å². The van der Waals surface area contributed by atoms with Gasteiger partial charge in [0.2, 0.25) is 11.1 Å². The first-order valence-corrected chi connectivity index (χ1v) is 10.3. The van der Waals surface area contributed by atoms with Crippen LogP contribution in [0.25, 0.3) is 12.2 Å². The normalized spacial score (nSPS) is 12.2. The van der Waals surface area contributed by atoms with Crippen LogP contribution in [-0.4, -0.2) is 26.8 Å². The van der Waals surface area contributed by atoms with Crippen molar-refractivity contribution in [2.45, 2.75) is 18.1 Å². The van der Waals surface area contributed by atoms with E-state index in [1.54, 1.807) is 12.1 Å². The second-order valence-electron chi connectivity index (χ2n) is 6.00. The zero-order chi connectivity index (χ0) is 19.9. The quantitative estimate of drug-likeness (QED) is 0.500. The van der Waals surface area contributed by atoms with Gasteiger partial charge in [-0.05, 0) is 36.3 Å². The Balaban J connectivity index is 1.50. The fourth-order valence-corrected chi connectivity index (χ4v) is 3.34. The molecular formula is C20H18Cl2N4OS. The van der Waals surface area contributed by atoms with E-state index in [-0.39, 0.29) is 17.7 Å². The van der Waals surface area contributed by atoms with Gasteiger partial charge >= 0.3 is 0 Å². The van der Waals surface area contributed by atoms with Crippen molar-refractivity contribution >= 4 is 53.0 Å². The second kappa shape index (κ2) is 9.78. The summed E-state index contributed by atoms with van der Waals surface area (Å²) in [6.07, 6.45) is 3.79. The largest absolute Gasteiger partial charge is 0.349 e. The molecule has 5 nitrogen and oxygen atoms in total. The molecule has 0 aliphatic rings. The molecule has 1 heterocycles. The molecule has 0 radical (unpaired) electrons. The fourth-order valence-electron chi connectivity index (χ4n) is 2.41. The van der Waals surface area contributed by atoms with Gasteiger partial charge in [-0.1, -0.05) is 77.4 Å². The molecule has 28 heavy (non-hydrogen) atoms. The predicted molar refractivity (Wildman–Crippen MR) is 115 cm³/mol. The molecule has 0 spiro atoms. The van der Waals surface area contributed by atoms with Gasteiger partial charge in [-0.3, -0.25) is 9.89 Å². The third kappa shape index (κ3) is 5.86. The van der Waals surface area contributed by atoms with E-state index >= 15 is 0 Å². The molecule has 1 amide bonds. The zero-order valence-electron chi connectivity index (χ0n) is 15.0. The van der Waals surface area contributed by atoms with Gasteiger partial charge in [0.05, 0.1) is 21.8 Å². The van der Waals surface area contributed by atoms with E-state index in [4.69, 9.17) is 23.2 Å². The van der Waals surface area contributed by atoms with Crippen LogP contribution in [0.4, 0.5) is 0 Å². The fraction of sp³-hybridized carbons (Fsp3) is 0.150. The molecule has 8 heteroatoms. The first-order chi connectivity index (χ1) is 13.5. The van der Waals surface area contributed by atoms with Crippen LogP contribution < -0.4 is 5.32 Å². The monoisotopic (exact) mass is 432 g/mol. The molecule has 2 aromatic carbocycles. The number of nitrogens with one attached hydrogen (secondary N) is 2. The van der Waals surface area contributed by atoms with Crippen molar-refractivity contribution in [3.63, 3.8) is 0 Å². The van der Waals surface area contributed by atoms with E-state index in [1.165, 1.54) is 11.8 Å². The molecule has 0 aliphatic carbocycles. The number of hydrogen-bond acceptors (Lipinski definition) is 4. The van der Waals surface area contributed by atoms with Crippen LogP contribution in [0.5, 0.6) is 0 Å². The maximum absolute atomic E-state index is 12.2. The smallest absolute Gasteiger partial charge is 0.230 e. The lowest BCUT2D eigenvalue weighted by atomic mass is 10.1. The van der Waals surface area contributed by atoms with Crippen LogP contribution in [0.2, 0.25) is 10.0 Å². The van der Waals surface area contributed by atoms with Crippen LogP contribution >= 0.6 is 35.0 Å². The number of H-pyrrole nitrogens is 1. The molecule has 0 fully saturated rings. The minimum Gasteiger partial charge on any atom is -0.349 e. The maximum Gasteiger partial charge on any atom is 0.230 e. The number of carbonyl (C=O) groups is 1. The molecule has 3 rings (SSSR count). The Kier molecular flexibility index (Phi) is 7.14. The van der Waals surface area contributed by atoms with Crippen molar-refractivity contribution in [2.75, 3.05) is 5.75 Å². The Morgan fingerprint density at radius 1 is 1.18 bits per heavy atom. The third-order valence-electron chi connectivity index (χ3n) is 3.87. The predicted octanol–water partition coefficient (Wildman–Crippen LogP) is 5.25. The highest BCUT2D eigenvalue weighted by Crippen LogP contribution is 2.25. The summed E-state index contributed by atoms with van der Waals surface area (Å²) in [6.45, 7) is 1.89. The van der Waals surface area contributed by atoms with E-state index in [9.17, 15) is 4.79 Å². The lowest BCUT2D eigenvalue weighted by molar-refractivity contribution is -0.119. The molecule has 2 N–H and O–H groups in total. The van der Waals surface area contributed by atoms with E-state index < -0.39 is 0 Å². The number of carbonyl (C=O) groups excluding carboxylic acids is 1. The maximum atomic E-state index is 12.2. The van der Waals surface area contributed by atoms with Gasteiger partial charge in [0.15, 0.2) is 0 Å². The van der Waals surface area contributed by atoms with Crippen molar-refractivity contribution < 1.29 is 4.79 Å². The van der Waals surface area contributed by atoms with Gasteiger partial charge in [0.25, 0.3) is 0 Å². The van der Waals surface area contributed by atoms with Crippen LogP contribution in [0, 0.1) is 0 Å². The molecule has 1 aromatic heterocycles. The average Bonchev–Trinajstić information content (AvgIpc) is 3.15. The molecule has 0 saturated heterocycles. The molecule has 144 valence electrons. The first-order valence-electron chi connectivity index (χ1n) is 8.54. The van der Waals surface area contributed by atoms with Gasteiger partial charge in [-0.15, -0.1) is 5.10 Å². The highest BCUT2D eigenvalue weighted by molar-refractivity contribution is 7.99. The van der Waals surface area contributed by atoms with Crippen LogP contribution in [0.15, 0.2) is 53.7 Å². The molecule has 0 bridgehead atoms. The van der Waals surface area contributed by atoms with Crippen LogP contribution in [-0.2, 0) is 4.79 Å². The van der Waals surface area contributed by atoms with Crippen molar-refractivity contribution in [3.8, 4) is 0 Å². The number of benzene rings is 2. The van der Waals surface area contributed by atoms with Crippen molar-refractivity contribution in [2.24, 2.45) is 0 Å². The van der Waals surface area contributed by atoms with Crippen LogP contribution in [0.3, 0.4) is 0 Å². The Bertz CT molecular complexity index is 975. The summed E-state index contributed by atoms with van der Waals surface area (Å²) in [6, 6.07) is 15.0. The van der Waals surface area contributed by atoms with Gasteiger partial charge < -0.3 is 5.32 Å². The number of thioether (sulfide) groups is 1. The topological polar surface area (TPSA) is 70.7 Å². The van der Waals surface area contributed by atoms with Gasteiger partial charge in [0.1, 0.15) is 5.82 Å². The molecule has 1 atom stereocenters. The van der Waals surface area contributed by atoms with Crippen LogP contribution in [0.1, 0.15) is 29.9 Å². The Morgan fingerprint density at radius 2 is 1.96 bits per heavy atom. The van der Waals surface area contributed by atoms with Crippen molar-refractivity contribution in [1.82, 2.24) is 20.5 Å². The molecule has 0 aliphatic heterocycles. The minimum absolute atomic E-state index is 0.116. The van der Waals surface area contributed by atoms with E-state index in [2.05, 4.69) is 20.5 Å². The Hall–Kier alpha value is -2.28. The second-order valence-corrected chi connectivity index (χ2v) is 7.76. The molecule has 0 saturated carbocycles. The number of halogens is 2. The summed E-state index contributed by atoms with van der Waals surface area (Å²) in [5, 5.41) is 11.4. The molecule has 3 aromatic rings. The molecule has 1 unspecified atom stereocenters. The lowest BCUT2D eigenvalue weighted by Crippen LogP contribution is -2.28. The highest BCUT2D eigenvalue weighted by Gasteiger charge is 2.12. The number of nitrogens with zero attached hydrogens (tertiary/aromatic N) is 2. The van der Waals surface area contributed by atoms with Gasteiger partial charge in [0, 0.05) is 0 Å². The van der Waals surface area contributed by atoms with Gasteiger partial charge in [-0.2, -0.15) is 0 Å². The number of hydrogen-bond donors (Lipinski definition) is 2. The standard InChI is InChI=1S/C20H18Cl2N4OS/c1-13(15-8-9-16(21)17(22)11-15)23-19(27)12-28-20-24-18(25-26-20)10-7-14-5-3-2-4-6-14/h2-11,13H,12H2,1H3,(H,23,27)(H,24,25,26)/b10-7+. The average molecular weight is 433 g/mol. The SMILES string of the molecule is CC(NC(=O)CSc1n[nH]c(/C=C/c2ccccc2)n1)c1ccc(Cl)c(Cl)c1. The summed E-state index contributed by atoms with van der Waals surface area (Å²) in [5.41, 5.74) is 1.96. The summed E-state index contributed by atoms with van der Waals surface area (Å²) >= 11 is 13.2. The number of amides is 1. The first kappa shape index (κ1) is 20.5. The molecular weight excluding hydrogens is 415 g/mol. The van der Waals surface area contributed by atoms with Crippen molar-refractivity contribution in [1.29, 1.82) is 0 Å². The minimum atomic E-state index is -0.181. The summed E-state index contributed by atoms with van der Waals surface area (Å²) < 4.78 is 0. The summed E-state index contributed by atoms with van der Waals surface area (Å²) in [7, 11) is 0. The van der Waals surface area contributed by atoms with E-state index in [1.807, 2.05) is 55.5 Å². The zero-order valence-corrected chi connectivity index (χ0v) is 17.4. The van der Waals surface area contributed by atoms with E-state index in [0.717, 1.165) is 11.1 Å². The third-order valence-corrected chi connectivity index (χ3v) is 5.46.